The number of carboxylic acids is 1. The number of ether oxygens (including phenoxy) is 1. The average Bonchev–Trinajstić information content (AvgIpc) is 2.99. The van der Waals surface area contributed by atoms with Gasteiger partial charge in [0.15, 0.2) is 0 Å². The molecule has 0 atom stereocenters. The summed E-state index contributed by atoms with van der Waals surface area (Å²) >= 11 is 6.20. The number of morpholine rings is 1. The van der Waals surface area contributed by atoms with Gasteiger partial charge in [-0.3, -0.25) is 23.9 Å². The largest absolute Gasteiger partial charge is 0.480 e. The van der Waals surface area contributed by atoms with E-state index in [1.807, 2.05) is 17.9 Å². The van der Waals surface area contributed by atoms with Crippen molar-refractivity contribution in [1.82, 2.24) is 9.47 Å². The minimum absolute atomic E-state index is 0.0257. The lowest BCUT2D eigenvalue weighted by Gasteiger charge is -2.33. The fraction of sp³-hybridized carbons (Fsp3) is 0.450. The Kier molecular flexibility index (Phi) is 7.15. The first-order valence-corrected chi connectivity index (χ1v) is 11.0. The summed E-state index contributed by atoms with van der Waals surface area (Å²) in [7, 11) is 0. The van der Waals surface area contributed by atoms with Gasteiger partial charge in [-0.05, 0) is 25.0 Å². The first-order chi connectivity index (χ1) is 14.8. The molecule has 9 nitrogen and oxygen atoms in total. The Hall–Kier alpha value is -2.68. The predicted octanol–water partition coefficient (Wildman–Crippen LogP) is 1.56. The third kappa shape index (κ3) is 4.51. The molecule has 0 aliphatic carbocycles. The number of anilines is 1. The van der Waals surface area contributed by atoms with Crippen molar-refractivity contribution in [1.29, 1.82) is 5.26 Å². The van der Waals surface area contributed by atoms with E-state index in [4.69, 9.17) is 22.1 Å². The van der Waals surface area contributed by atoms with Crippen LogP contribution in [-0.2, 0) is 20.9 Å². The molecule has 0 unspecified atom stereocenters. The van der Waals surface area contributed by atoms with Gasteiger partial charge in [0.2, 0.25) is 0 Å². The van der Waals surface area contributed by atoms with Crippen LogP contribution < -0.4 is 10.5 Å². The Morgan fingerprint density at radius 3 is 2.61 bits per heavy atom. The van der Waals surface area contributed by atoms with Crippen molar-refractivity contribution in [2.24, 2.45) is 0 Å². The zero-order valence-corrected chi connectivity index (χ0v) is 18.8. The highest BCUT2D eigenvalue weighted by Crippen LogP contribution is 2.36. The maximum atomic E-state index is 13.0. The van der Waals surface area contributed by atoms with Gasteiger partial charge in [-0.1, -0.05) is 30.9 Å². The van der Waals surface area contributed by atoms with Crippen LogP contribution in [0.25, 0.3) is 6.08 Å². The molecule has 11 heteroatoms. The molecule has 2 aliphatic rings. The fourth-order valence-corrected chi connectivity index (χ4v) is 4.83. The van der Waals surface area contributed by atoms with Crippen molar-refractivity contribution < 1.29 is 19.4 Å². The number of rotatable bonds is 6. The second kappa shape index (κ2) is 9.64. The molecule has 3 rings (SSSR count). The van der Waals surface area contributed by atoms with E-state index in [-0.39, 0.29) is 20.3 Å². The molecule has 0 spiro atoms. The molecule has 1 aromatic heterocycles. The number of carbonyl (C=O) groups is 2. The monoisotopic (exact) mass is 462 g/mol. The van der Waals surface area contributed by atoms with E-state index in [1.54, 1.807) is 17.6 Å². The molecule has 1 amide bonds. The topological polar surface area (TPSA) is 116 Å². The van der Waals surface area contributed by atoms with Gasteiger partial charge in [0, 0.05) is 25.2 Å². The van der Waals surface area contributed by atoms with Crippen LogP contribution in [0.3, 0.4) is 0 Å². The summed E-state index contributed by atoms with van der Waals surface area (Å²) in [6.45, 7) is 5.66. The number of hydrogen-bond acceptors (Lipinski definition) is 8. The number of nitrogens with zero attached hydrogens (tertiary/aromatic N) is 4. The van der Waals surface area contributed by atoms with Crippen molar-refractivity contribution in [2.45, 2.75) is 26.8 Å². The minimum atomic E-state index is -1.16. The first-order valence-electron chi connectivity index (χ1n) is 9.77. The summed E-state index contributed by atoms with van der Waals surface area (Å²) in [6.07, 6.45) is 2.30. The summed E-state index contributed by atoms with van der Waals surface area (Å²) < 4.78 is 7.19. The number of carboxylic acid groups (broad SMARTS) is 1. The van der Waals surface area contributed by atoms with Crippen LogP contribution in [-0.4, -0.2) is 63.6 Å². The first kappa shape index (κ1) is 23.0. The lowest BCUT2D eigenvalue weighted by Crippen LogP contribution is -2.41. The highest BCUT2D eigenvalue weighted by atomic mass is 32.2. The molecule has 1 aromatic rings. The van der Waals surface area contributed by atoms with E-state index >= 15 is 0 Å². The third-order valence-corrected chi connectivity index (χ3v) is 6.42. The zero-order valence-electron chi connectivity index (χ0n) is 17.2. The Bertz CT molecular complexity index is 1070. The molecular formula is C20H22N4O5S2. The van der Waals surface area contributed by atoms with Crippen molar-refractivity contribution in [3.8, 4) is 6.07 Å². The van der Waals surface area contributed by atoms with Gasteiger partial charge in [0.05, 0.1) is 18.1 Å². The van der Waals surface area contributed by atoms with Crippen LogP contribution in [0.15, 0.2) is 9.70 Å². The van der Waals surface area contributed by atoms with Gasteiger partial charge >= 0.3 is 5.97 Å². The summed E-state index contributed by atoms with van der Waals surface area (Å²) in [5, 5.41) is 18.7. The van der Waals surface area contributed by atoms with E-state index in [2.05, 4.69) is 0 Å². The maximum absolute atomic E-state index is 13.0. The maximum Gasteiger partial charge on any atom is 0.323 e. The number of aromatic nitrogens is 1. The Labute approximate surface area is 188 Å². The fourth-order valence-electron chi connectivity index (χ4n) is 3.59. The van der Waals surface area contributed by atoms with Crippen LogP contribution in [0.4, 0.5) is 5.82 Å². The highest BCUT2D eigenvalue weighted by Gasteiger charge is 2.34. The number of pyridine rings is 1. The summed E-state index contributed by atoms with van der Waals surface area (Å²) in [6, 6.07) is 2.00. The minimum Gasteiger partial charge on any atom is -0.480 e. The van der Waals surface area contributed by atoms with Crippen LogP contribution in [0.2, 0.25) is 0 Å². The van der Waals surface area contributed by atoms with Crippen molar-refractivity contribution in [3.63, 3.8) is 0 Å². The van der Waals surface area contributed by atoms with Crippen LogP contribution in [0, 0.1) is 18.3 Å². The molecule has 2 aliphatic heterocycles. The molecule has 0 saturated carbocycles. The van der Waals surface area contributed by atoms with Crippen LogP contribution >= 0.6 is 24.0 Å². The normalized spacial score (nSPS) is 18.0. The number of aliphatic carboxylic acids is 1. The zero-order chi connectivity index (χ0) is 22.7. The van der Waals surface area contributed by atoms with Gasteiger partial charge in [0.25, 0.3) is 11.5 Å². The van der Waals surface area contributed by atoms with Crippen molar-refractivity contribution in [3.05, 3.63) is 31.9 Å². The number of thioether (sulfide) groups is 1. The molecule has 164 valence electrons. The number of amides is 1. The Morgan fingerprint density at radius 2 is 2.03 bits per heavy atom. The summed E-state index contributed by atoms with van der Waals surface area (Å²) in [4.78, 5) is 40.3. The third-order valence-electron chi connectivity index (χ3n) is 5.05. The predicted molar refractivity (Wildman–Crippen MR) is 121 cm³/mol. The number of carbonyl (C=O) groups excluding carboxylic acids is 1. The van der Waals surface area contributed by atoms with E-state index in [1.165, 1.54) is 0 Å². The summed E-state index contributed by atoms with van der Waals surface area (Å²) in [5.74, 6) is -1.03. The Morgan fingerprint density at radius 1 is 1.35 bits per heavy atom. The van der Waals surface area contributed by atoms with E-state index in [0.29, 0.717) is 56.2 Å². The second-order valence-corrected chi connectivity index (χ2v) is 8.74. The second-order valence-electron chi connectivity index (χ2n) is 7.07. The molecule has 2 fully saturated rings. The highest BCUT2D eigenvalue weighted by molar-refractivity contribution is 8.26. The molecule has 3 heterocycles. The number of thiocarbonyl (C=S) groups is 1. The van der Waals surface area contributed by atoms with Crippen LogP contribution in [0.1, 0.15) is 30.0 Å². The summed E-state index contributed by atoms with van der Waals surface area (Å²) in [5.41, 5.74) is 0.726. The van der Waals surface area contributed by atoms with Gasteiger partial charge in [-0.2, -0.15) is 5.26 Å². The van der Waals surface area contributed by atoms with E-state index < -0.39 is 18.4 Å². The molecule has 2 saturated heterocycles. The molecule has 0 aromatic carbocycles. The average molecular weight is 463 g/mol. The molecule has 31 heavy (non-hydrogen) atoms. The molecule has 0 radical (unpaired) electrons. The Balaban J connectivity index is 2.22. The standard InChI is InChI=1S/C20H22N4O5S2/c1-3-4-23-17(22-5-7-29-8-6-22)13(12(2)14(10-21)18(23)27)9-15-19(28)24(11-16(25)26)20(30)31-15/h9H,3-8,11H2,1-2H3,(H,25,26). The number of nitriles is 1. The lowest BCUT2D eigenvalue weighted by molar-refractivity contribution is -0.140. The number of hydrogen-bond donors (Lipinski definition) is 1. The van der Waals surface area contributed by atoms with E-state index in [0.717, 1.165) is 16.7 Å². The van der Waals surface area contributed by atoms with Crippen LogP contribution in [0.5, 0.6) is 0 Å². The molecule has 0 bridgehead atoms. The van der Waals surface area contributed by atoms with Crippen molar-refractivity contribution in [2.75, 3.05) is 37.7 Å². The molecular weight excluding hydrogens is 440 g/mol. The molecule has 1 N–H and O–H groups in total. The van der Waals surface area contributed by atoms with E-state index in [9.17, 15) is 19.6 Å². The SMILES string of the molecule is CCCn1c(N2CCOCC2)c(C=C2SC(=S)N(CC(=O)O)C2=O)c(C)c(C#N)c1=O. The van der Waals surface area contributed by atoms with Gasteiger partial charge < -0.3 is 14.7 Å². The van der Waals surface area contributed by atoms with Crippen molar-refractivity contribution >= 4 is 52.1 Å². The van der Waals surface area contributed by atoms with Gasteiger partial charge in [-0.15, -0.1) is 0 Å². The lowest BCUT2D eigenvalue weighted by atomic mass is 10.0. The smallest absolute Gasteiger partial charge is 0.323 e. The van der Waals surface area contributed by atoms with Gasteiger partial charge in [-0.25, -0.2) is 0 Å². The van der Waals surface area contributed by atoms with Gasteiger partial charge in [0.1, 0.15) is 28.3 Å². The quantitative estimate of drug-likeness (QED) is 0.497.